The standard InChI is InChI=1S/C12H9ClO3/c13-9-4-1-2-5-11(9)16-8-10(14)12-6-3-7-15-12/h1-7H,8H2. The van der Waals surface area contributed by atoms with Gasteiger partial charge >= 0.3 is 0 Å². The molecule has 0 saturated heterocycles. The summed E-state index contributed by atoms with van der Waals surface area (Å²) in [6, 6.07) is 10.2. The van der Waals surface area contributed by atoms with Crippen LogP contribution < -0.4 is 4.74 Å². The fourth-order valence-corrected chi connectivity index (χ4v) is 1.40. The first-order valence-electron chi connectivity index (χ1n) is 4.71. The maximum absolute atomic E-state index is 11.5. The lowest BCUT2D eigenvalue weighted by Crippen LogP contribution is -2.10. The lowest BCUT2D eigenvalue weighted by molar-refractivity contribution is 0.0894. The minimum Gasteiger partial charge on any atom is -0.484 e. The van der Waals surface area contributed by atoms with Crippen molar-refractivity contribution in [1.82, 2.24) is 0 Å². The molecule has 16 heavy (non-hydrogen) atoms. The zero-order valence-corrected chi connectivity index (χ0v) is 9.11. The van der Waals surface area contributed by atoms with Gasteiger partial charge in [-0.15, -0.1) is 0 Å². The Kier molecular flexibility index (Phi) is 3.27. The van der Waals surface area contributed by atoms with E-state index in [4.69, 9.17) is 20.8 Å². The minimum absolute atomic E-state index is 0.0861. The molecule has 0 unspecified atom stereocenters. The number of rotatable bonds is 4. The maximum atomic E-state index is 11.5. The summed E-state index contributed by atoms with van der Waals surface area (Å²) < 4.78 is 10.2. The van der Waals surface area contributed by atoms with Gasteiger partial charge in [0.15, 0.2) is 12.4 Å². The molecule has 0 amide bonds. The molecule has 0 radical (unpaired) electrons. The summed E-state index contributed by atoms with van der Waals surface area (Å²) in [5.41, 5.74) is 0. The van der Waals surface area contributed by atoms with Gasteiger partial charge < -0.3 is 9.15 Å². The first-order valence-corrected chi connectivity index (χ1v) is 5.09. The van der Waals surface area contributed by atoms with Crippen molar-refractivity contribution in [2.24, 2.45) is 0 Å². The van der Waals surface area contributed by atoms with Crippen LogP contribution in [0.3, 0.4) is 0 Å². The van der Waals surface area contributed by atoms with E-state index in [9.17, 15) is 4.79 Å². The van der Waals surface area contributed by atoms with Gasteiger partial charge in [-0.05, 0) is 24.3 Å². The number of hydrogen-bond acceptors (Lipinski definition) is 3. The predicted molar refractivity (Wildman–Crippen MR) is 60.0 cm³/mol. The number of benzene rings is 1. The fourth-order valence-electron chi connectivity index (χ4n) is 1.21. The SMILES string of the molecule is O=C(COc1ccccc1Cl)c1ccco1. The van der Waals surface area contributed by atoms with Crippen molar-refractivity contribution in [1.29, 1.82) is 0 Å². The molecule has 1 aromatic carbocycles. The van der Waals surface area contributed by atoms with Crippen molar-refractivity contribution in [2.45, 2.75) is 0 Å². The Morgan fingerprint density at radius 1 is 1.25 bits per heavy atom. The summed E-state index contributed by atoms with van der Waals surface area (Å²) in [6.45, 7) is -0.0861. The van der Waals surface area contributed by atoms with Gasteiger partial charge in [-0.3, -0.25) is 4.79 Å². The van der Waals surface area contributed by atoms with E-state index in [0.717, 1.165) is 0 Å². The van der Waals surface area contributed by atoms with Crippen LogP contribution in [0.25, 0.3) is 0 Å². The largest absolute Gasteiger partial charge is 0.484 e. The van der Waals surface area contributed by atoms with E-state index < -0.39 is 0 Å². The van der Waals surface area contributed by atoms with E-state index in [0.29, 0.717) is 10.8 Å². The van der Waals surface area contributed by atoms with Crippen molar-refractivity contribution in [3.8, 4) is 5.75 Å². The molecule has 0 fully saturated rings. The molecule has 0 bridgehead atoms. The third kappa shape index (κ3) is 2.44. The van der Waals surface area contributed by atoms with Crippen LogP contribution >= 0.6 is 11.6 Å². The molecular weight excluding hydrogens is 228 g/mol. The molecule has 82 valence electrons. The molecule has 4 heteroatoms. The Labute approximate surface area is 97.6 Å². The molecule has 0 N–H and O–H groups in total. The van der Waals surface area contributed by atoms with Gasteiger partial charge in [-0.1, -0.05) is 23.7 Å². The smallest absolute Gasteiger partial charge is 0.235 e. The van der Waals surface area contributed by atoms with E-state index in [2.05, 4.69) is 0 Å². The second kappa shape index (κ2) is 4.86. The van der Waals surface area contributed by atoms with E-state index in [1.165, 1.54) is 6.26 Å². The molecule has 1 heterocycles. The van der Waals surface area contributed by atoms with Crippen LogP contribution in [0, 0.1) is 0 Å². The molecule has 0 saturated carbocycles. The van der Waals surface area contributed by atoms with Gasteiger partial charge in [-0.2, -0.15) is 0 Å². The molecule has 2 aromatic rings. The highest BCUT2D eigenvalue weighted by Gasteiger charge is 2.10. The molecule has 1 aromatic heterocycles. The first-order chi connectivity index (χ1) is 7.77. The Hall–Kier alpha value is -1.74. The predicted octanol–water partition coefficient (Wildman–Crippen LogP) is 3.19. The molecular formula is C12H9ClO3. The van der Waals surface area contributed by atoms with E-state index in [1.54, 1.807) is 36.4 Å². The van der Waals surface area contributed by atoms with Crippen molar-refractivity contribution < 1.29 is 13.9 Å². The van der Waals surface area contributed by atoms with Crippen molar-refractivity contribution in [2.75, 3.05) is 6.61 Å². The lowest BCUT2D eigenvalue weighted by Gasteiger charge is -2.05. The number of para-hydroxylation sites is 1. The summed E-state index contributed by atoms with van der Waals surface area (Å²) >= 11 is 5.87. The van der Waals surface area contributed by atoms with Crippen LogP contribution in [0.1, 0.15) is 10.6 Å². The third-order valence-corrected chi connectivity index (χ3v) is 2.30. The van der Waals surface area contributed by atoms with Gasteiger partial charge in [0.1, 0.15) is 5.75 Å². The Balaban J connectivity index is 1.98. The molecule has 0 atom stereocenters. The van der Waals surface area contributed by atoms with E-state index in [1.807, 2.05) is 0 Å². The summed E-state index contributed by atoms with van der Waals surface area (Å²) in [4.78, 5) is 11.5. The average molecular weight is 237 g/mol. The number of carbonyl (C=O) groups excluding carboxylic acids is 1. The van der Waals surface area contributed by atoms with Crippen LogP contribution in [-0.4, -0.2) is 12.4 Å². The van der Waals surface area contributed by atoms with Crippen molar-refractivity contribution in [3.63, 3.8) is 0 Å². The van der Waals surface area contributed by atoms with Gasteiger partial charge in [0.25, 0.3) is 0 Å². The lowest BCUT2D eigenvalue weighted by atomic mass is 10.3. The number of halogens is 1. The quantitative estimate of drug-likeness (QED) is 0.766. The Morgan fingerprint density at radius 2 is 2.06 bits per heavy atom. The second-order valence-electron chi connectivity index (χ2n) is 3.12. The number of ether oxygens (including phenoxy) is 1. The zero-order valence-electron chi connectivity index (χ0n) is 8.35. The second-order valence-corrected chi connectivity index (χ2v) is 3.53. The summed E-state index contributed by atoms with van der Waals surface area (Å²) in [5.74, 6) is 0.557. The number of hydrogen-bond donors (Lipinski definition) is 0. The van der Waals surface area contributed by atoms with Crippen LogP contribution in [0.2, 0.25) is 5.02 Å². The zero-order chi connectivity index (χ0) is 11.4. The topological polar surface area (TPSA) is 39.4 Å². The molecule has 2 rings (SSSR count). The minimum atomic E-state index is -0.218. The number of carbonyl (C=O) groups is 1. The molecule has 0 aliphatic heterocycles. The fraction of sp³-hybridized carbons (Fsp3) is 0.0833. The normalized spacial score (nSPS) is 10.1. The summed E-state index contributed by atoms with van der Waals surface area (Å²) in [5, 5.41) is 0.481. The molecule has 3 nitrogen and oxygen atoms in total. The first kappa shape index (κ1) is 10.8. The van der Waals surface area contributed by atoms with Gasteiger partial charge in [-0.25, -0.2) is 0 Å². The van der Waals surface area contributed by atoms with E-state index in [-0.39, 0.29) is 18.2 Å². The van der Waals surface area contributed by atoms with E-state index >= 15 is 0 Å². The molecule has 0 aliphatic rings. The summed E-state index contributed by atoms with van der Waals surface area (Å²) in [6.07, 6.45) is 1.45. The number of Topliss-reactive ketones (excluding diaryl/α,β-unsaturated/α-hetero) is 1. The van der Waals surface area contributed by atoms with Crippen molar-refractivity contribution >= 4 is 17.4 Å². The maximum Gasteiger partial charge on any atom is 0.235 e. The monoisotopic (exact) mass is 236 g/mol. The Bertz CT molecular complexity index is 477. The van der Waals surface area contributed by atoms with Crippen LogP contribution in [0.4, 0.5) is 0 Å². The Morgan fingerprint density at radius 3 is 2.75 bits per heavy atom. The molecule has 0 aliphatic carbocycles. The highest BCUT2D eigenvalue weighted by atomic mass is 35.5. The van der Waals surface area contributed by atoms with Crippen LogP contribution in [0.5, 0.6) is 5.75 Å². The van der Waals surface area contributed by atoms with Gasteiger partial charge in [0, 0.05) is 0 Å². The molecule has 0 spiro atoms. The van der Waals surface area contributed by atoms with Crippen LogP contribution in [-0.2, 0) is 0 Å². The average Bonchev–Trinajstić information content (AvgIpc) is 2.81. The highest BCUT2D eigenvalue weighted by molar-refractivity contribution is 6.32. The van der Waals surface area contributed by atoms with Crippen LogP contribution in [0.15, 0.2) is 47.1 Å². The number of ketones is 1. The third-order valence-electron chi connectivity index (χ3n) is 1.99. The highest BCUT2D eigenvalue weighted by Crippen LogP contribution is 2.23. The van der Waals surface area contributed by atoms with Gasteiger partial charge in [0.05, 0.1) is 11.3 Å². The number of furan rings is 1. The van der Waals surface area contributed by atoms with Gasteiger partial charge in [0.2, 0.25) is 5.78 Å². The van der Waals surface area contributed by atoms with Crippen molar-refractivity contribution in [3.05, 3.63) is 53.4 Å². The summed E-state index contributed by atoms with van der Waals surface area (Å²) in [7, 11) is 0.